The number of rotatable bonds is 4. The van der Waals surface area contributed by atoms with Crippen LogP contribution < -0.4 is 0 Å². The maximum atomic E-state index is 10.9. The molecule has 0 aliphatic rings. The van der Waals surface area contributed by atoms with Crippen molar-refractivity contribution in [2.24, 2.45) is 0 Å². The molecule has 96 valence electrons. The lowest BCUT2D eigenvalue weighted by Gasteiger charge is -1.95. The molecule has 0 fully saturated rings. The summed E-state index contributed by atoms with van der Waals surface area (Å²) in [5, 5.41) is 21.3. The highest BCUT2D eigenvalue weighted by Gasteiger charge is 2.09. The molecule has 0 saturated heterocycles. The number of non-ortho nitro benzene ring substituents is 1. The Bertz CT molecular complexity index is 660. The van der Waals surface area contributed by atoms with Crippen LogP contribution in [0.3, 0.4) is 0 Å². The molecule has 0 aliphatic heterocycles. The molecule has 0 saturated carbocycles. The van der Waals surface area contributed by atoms with Crippen molar-refractivity contribution in [1.29, 1.82) is 0 Å². The second-order valence-corrected chi connectivity index (χ2v) is 4.61. The molecule has 19 heavy (non-hydrogen) atoms. The maximum Gasteiger partial charge on any atom is 0.346 e. The average molecular weight is 275 g/mol. The minimum atomic E-state index is -0.978. The number of nitro benzene ring substituents is 1. The smallest absolute Gasteiger partial charge is 0.346 e. The van der Waals surface area contributed by atoms with Crippen LogP contribution in [0.2, 0.25) is 0 Å². The number of benzene rings is 1. The van der Waals surface area contributed by atoms with Gasteiger partial charge in [0.2, 0.25) is 0 Å². The molecule has 1 aromatic carbocycles. The van der Waals surface area contributed by atoms with Crippen molar-refractivity contribution in [2.75, 3.05) is 0 Å². The molecule has 0 unspecified atom stereocenters. The van der Waals surface area contributed by atoms with Crippen molar-refractivity contribution >= 4 is 35.1 Å². The summed E-state index contributed by atoms with van der Waals surface area (Å²) in [5.41, 5.74) is 1.24. The van der Waals surface area contributed by atoms with Gasteiger partial charge in [-0.05, 0) is 22.6 Å². The number of carboxylic acids is 1. The number of nitrogens with zero attached hydrogens (tertiary/aromatic N) is 1. The Hall–Kier alpha value is -2.47. The summed E-state index contributed by atoms with van der Waals surface area (Å²) >= 11 is 1.14. The van der Waals surface area contributed by atoms with Crippen molar-refractivity contribution in [1.82, 2.24) is 0 Å². The van der Waals surface area contributed by atoms with E-state index in [0.29, 0.717) is 11.1 Å². The highest BCUT2D eigenvalue weighted by atomic mass is 32.1. The molecule has 0 aliphatic carbocycles. The molecule has 2 rings (SSSR count). The fraction of sp³-hybridized carbons (Fsp3) is 0. The summed E-state index contributed by atoms with van der Waals surface area (Å²) in [6.07, 6.45) is 3.29. The zero-order valence-corrected chi connectivity index (χ0v) is 10.5. The van der Waals surface area contributed by atoms with Crippen LogP contribution in [0.1, 0.15) is 20.8 Å². The highest BCUT2D eigenvalue weighted by Crippen LogP contribution is 2.20. The molecular formula is C13H9NO4S. The third-order valence-electron chi connectivity index (χ3n) is 2.43. The van der Waals surface area contributed by atoms with Gasteiger partial charge in [0.1, 0.15) is 4.88 Å². The SMILES string of the molecule is O=C(O)c1sccc1C=Cc1cccc([N+](=O)[O-])c1. The lowest BCUT2D eigenvalue weighted by molar-refractivity contribution is -0.384. The van der Waals surface area contributed by atoms with Gasteiger partial charge in [-0.1, -0.05) is 24.3 Å². The van der Waals surface area contributed by atoms with Crippen LogP contribution in [0.25, 0.3) is 12.2 Å². The predicted molar refractivity (Wildman–Crippen MR) is 73.3 cm³/mol. The Morgan fingerprint density at radius 3 is 2.79 bits per heavy atom. The van der Waals surface area contributed by atoms with Crippen molar-refractivity contribution in [3.63, 3.8) is 0 Å². The first-order valence-corrected chi connectivity index (χ1v) is 6.19. The number of hydrogen-bond acceptors (Lipinski definition) is 4. The molecule has 0 bridgehead atoms. The van der Waals surface area contributed by atoms with Gasteiger partial charge in [-0.15, -0.1) is 11.3 Å². The van der Waals surface area contributed by atoms with E-state index >= 15 is 0 Å². The van der Waals surface area contributed by atoms with Crippen LogP contribution in [0.5, 0.6) is 0 Å². The second kappa shape index (κ2) is 5.45. The Balaban J connectivity index is 2.27. The molecule has 0 spiro atoms. The highest BCUT2D eigenvalue weighted by molar-refractivity contribution is 7.12. The Kier molecular flexibility index (Phi) is 3.72. The standard InChI is InChI=1S/C13H9NO4S/c15-13(16)12-10(6-7-19-12)5-4-9-2-1-3-11(8-9)14(17)18/h1-8H,(H,15,16). The van der Waals surface area contributed by atoms with E-state index < -0.39 is 10.9 Å². The van der Waals surface area contributed by atoms with Gasteiger partial charge in [0.15, 0.2) is 0 Å². The number of hydrogen-bond donors (Lipinski definition) is 1. The molecule has 0 amide bonds. The van der Waals surface area contributed by atoms with Gasteiger partial charge in [0, 0.05) is 12.1 Å². The van der Waals surface area contributed by atoms with E-state index in [4.69, 9.17) is 5.11 Å². The van der Waals surface area contributed by atoms with Crippen LogP contribution in [-0.4, -0.2) is 16.0 Å². The zero-order chi connectivity index (χ0) is 13.8. The summed E-state index contributed by atoms with van der Waals surface area (Å²) in [6, 6.07) is 7.84. The molecular weight excluding hydrogens is 266 g/mol. The normalized spacial score (nSPS) is 10.7. The zero-order valence-electron chi connectivity index (χ0n) is 9.65. The Morgan fingerprint density at radius 2 is 2.11 bits per heavy atom. The number of thiophene rings is 1. The van der Waals surface area contributed by atoms with E-state index in [1.54, 1.807) is 35.7 Å². The van der Waals surface area contributed by atoms with Gasteiger partial charge < -0.3 is 5.11 Å². The molecule has 0 atom stereocenters. The number of aromatic carboxylic acids is 1. The molecule has 0 radical (unpaired) electrons. The number of carboxylic acid groups (broad SMARTS) is 1. The van der Waals surface area contributed by atoms with Gasteiger partial charge in [0.05, 0.1) is 4.92 Å². The summed E-state index contributed by atoms with van der Waals surface area (Å²) in [6.45, 7) is 0. The summed E-state index contributed by atoms with van der Waals surface area (Å²) in [7, 11) is 0. The van der Waals surface area contributed by atoms with Crippen LogP contribution >= 0.6 is 11.3 Å². The lowest BCUT2D eigenvalue weighted by atomic mass is 10.1. The topological polar surface area (TPSA) is 80.4 Å². The van der Waals surface area contributed by atoms with E-state index in [2.05, 4.69) is 0 Å². The van der Waals surface area contributed by atoms with Crippen LogP contribution in [0, 0.1) is 10.1 Å². The second-order valence-electron chi connectivity index (χ2n) is 3.70. The van der Waals surface area contributed by atoms with E-state index in [1.165, 1.54) is 12.1 Å². The monoisotopic (exact) mass is 275 g/mol. The Morgan fingerprint density at radius 1 is 1.32 bits per heavy atom. The van der Waals surface area contributed by atoms with Gasteiger partial charge in [-0.25, -0.2) is 4.79 Å². The first kappa shape index (κ1) is 13.0. The minimum absolute atomic E-state index is 0.00549. The van der Waals surface area contributed by atoms with E-state index in [-0.39, 0.29) is 10.6 Å². The van der Waals surface area contributed by atoms with Crippen molar-refractivity contribution < 1.29 is 14.8 Å². The maximum absolute atomic E-state index is 10.9. The minimum Gasteiger partial charge on any atom is -0.477 e. The van der Waals surface area contributed by atoms with Crippen LogP contribution in [0.15, 0.2) is 35.7 Å². The van der Waals surface area contributed by atoms with Gasteiger partial charge in [-0.3, -0.25) is 10.1 Å². The third-order valence-corrected chi connectivity index (χ3v) is 3.34. The fourth-order valence-electron chi connectivity index (χ4n) is 1.55. The molecule has 1 heterocycles. The van der Waals surface area contributed by atoms with E-state index in [1.807, 2.05) is 0 Å². The summed E-state index contributed by atoms with van der Waals surface area (Å²) in [4.78, 5) is 21.3. The Labute approximate surface area is 112 Å². The van der Waals surface area contributed by atoms with Crippen molar-refractivity contribution in [3.8, 4) is 0 Å². The first-order chi connectivity index (χ1) is 9.08. The van der Waals surface area contributed by atoms with Gasteiger partial charge >= 0.3 is 5.97 Å². The van der Waals surface area contributed by atoms with E-state index in [9.17, 15) is 14.9 Å². The molecule has 1 aromatic heterocycles. The van der Waals surface area contributed by atoms with Crippen molar-refractivity contribution in [3.05, 3.63) is 61.8 Å². The number of carbonyl (C=O) groups is 1. The summed E-state index contributed by atoms with van der Waals surface area (Å²) < 4.78 is 0. The lowest BCUT2D eigenvalue weighted by Crippen LogP contribution is -1.93. The first-order valence-electron chi connectivity index (χ1n) is 5.31. The quantitative estimate of drug-likeness (QED) is 0.683. The van der Waals surface area contributed by atoms with E-state index in [0.717, 1.165) is 11.3 Å². The third kappa shape index (κ3) is 3.05. The van der Waals surface area contributed by atoms with Gasteiger partial charge in [0.25, 0.3) is 5.69 Å². The molecule has 2 aromatic rings. The largest absolute Gasteiger partial charge is 0.477 e. The van der Waals surface area contributed by atoms with Gasteiger partial charge in [-0.2, -0.15) is 0 Å². The average Bonchev–Trinajstić information content (AvgIpc) is 2.85. The van der Waals surface area contributed by atoms with Crippen LogP contribution in [0.4, 0.5) is 5.69 Å². The summed E-state index contributed by atoms with van der Waals surface area (Å²) in [5.74, 6) is -0.978. The molecule has 5 nitrogen and oxygen atoms in total. The van der Waals surface area contributed by atoms with Crippen LogP contribution in [-0.2, 0) is 0 Å². The number of nitro groups is 1. The molecule has 6 heteroatoms. The molecule has 1 N–H and O–H groups in total. The fourth-order valence-corrected chi connectivity index (χ4v) is 2.28. The predicted octanol–water partition coefficient (Wildman–Crippen LogP) is 3.52. The van der Waals surface area contributed by atoms with Crippen molar-refractivity contribution in [2.45, 2.75) is 0 Å².